The fourth-order valence-electron chi connectivity index (χ4n) is 0.534. The second kappa shape index (κ2) is 1.78. The lowest BCUT2D eigenvalue weighted by atomic mass is 10.2. The van der Waals surface area contributed by atoms with Crippen molar-refractivity contribution in [1.82, 2.24) is 0 Å². The summed E-state index contributed by atoms with van der Waals surface area (Å²) in [4.78, 5) is 0. The monoisotopic (exact) mass is 92.1 g/mol. The molecule has 0 aliphatic rings. The van der Waals surface area contributed by atoms with Gasteiger partial charge in [0.1, 0.15) is 0 Å². The van der Waals surface area contributed by atoms with E-state index in [1.807, 2.05) is 18.2 Å². The van der Waals surface area contributed by atoms with Crippen LogP contribution in [0.1, 0.15) is 5.56 Å². The molecule has 1 aromatic carbocycles. The van der Waals surface area contributed by atoms with Gasteiger partial charge < -0.3 is 0 Å². The third kappa shape index (κ3) is 1.04. The third-order valence-electron chi connectivity index (χ3n) is 0.940. The van der Waals surface area contributed by atoms with Gasteiger partial charge in [0.2, 0.25) is 0 Å². The quantitative estimate of drug-likeness (QED) is 0.459. The molecule has 0 heteroatoms. The van der Waals surface area contributed by atoms with E-state index < -0.39 is 0 Å². The number of rotatable bonds is 0. The first-order valence-electron chi connectivity index (χ1n) is 2.41. The Labute approximate surface area is 43.8 Å². The molecule has 0 bridgehead atoms. The van der Waals surface area contributed by atoms with Gasteiger partial charge in [-0.05, 0) is 6.92 Å². The molecule has 1 aromatic rings. The van der Waals surface area contributed by atoms with Crippen molar-refractivity contribution in [3.63, 3.8) is 0 Å². The van der Waals surface area contributed by atoms with E-state index in [1.54, 1.807) is 0 Å². The molecule has 0 N–H and O–H groups in total. The zero-order valence-electron chi connectivity index (χ0n) is 4.39. The molecule has 0 aliphatic carbocycles. The van der Waals surface area contributed by atoms with E-state index in [9.17, 15) is 0 Å². The van der Waals surface area contributed by atoms with Crippen molar-refractivity contribution in [3.05, 3.63) is 35.9 Å². The normalized spacial score (nSPS) is 8.71. The highest BCUT2D eigenvalue weighted by molar-refractivity contribution is 5.11. The highest BCUT2D eigenvalue weighted by Crippen LogP contribution is 1.92. The fourth-order valence-corrected chi connectivity index (χ4v) is 0.534. The van der Waals surface area contributed by atoms with Gasteiger partial charge in [0.25, 0.3) is 0 Å². The Hall–Kier alpha value is -0.780. The Bertz CT molecular complexity index is 130. The van der Waals surface area contributed by atoms with Crippen LogP contribution in [0.5, 0.6) is 0 Å². The Balaban J connectivity index is 3.02. The maximum absolute atomic E-state index is 2.08. The molecular weight excluding hydrogens is 84.0 g/mol. The molecule has 0 spiro atoms. The van der Waals surface area contributed by atoms with Crippen LogP contribution in [-0.2, 0) is 0 Å². The fraction of sp³-hybridized carbons (Fsp3) is 0.143. The van der Waals surface area contributed by atoms with Crippen molar-refractivity contribution in [2.45, 2.75) is 6.92 Å². The summed E-state index contributed by atoms with van der Waals surface area (Å²) >= 11 is 0. The second-order valence-electron chi connectivity index (χ2n) is 1.65. The van der Waals surface area contributed by atoms with E-state index in [1.165, 1.54) is 5.56 Å². The average Bonchev–Trinajstić information content (AvgIpc) is 1.69. The summed E-state index contributed by atoms with van der Waals surface area (Å²) in [5.74, 6) is 0. The van der Waals surface area contributed by atoms with Crippen LogP contribution in [0.25, 0.3) is 0 Å². The molecule has 0 radical (unpaired) electrons. The van der Waals surface area contributed by atoms with E-state index in [4.69, 9.17) is 0 Å². The van der Waals surface area contributed by atoms with Crippen LogP contribution in [0, 0.1) is 6.92 Å². The Morgan fingerprint density at radius 3 is 1.86 bits per heavy atom. The first-order valence-corrected chi connectivity index (χ1v) is 2.41. The Morgan fingerprint density at radius 2 is 1.57 bits per heavy atom. The minimum Gasteiger partial charge on any atom is -0.0622 e. The van der Waals surface area contributed by atoms with Gasteiger partial charge in [-0.1, -0.05) is 35.9 Å². The third-order valence-corrected chi connectivity index (χ3v) is 0.940. The topological polar surface area (TPSA) is 0 Å². The summed E-state index contributed by atoms with van der Waals surface area (Å²) in [5.41, 5.74) is 1.32. The van der Waals surface area contributed by atoms with Gasteiger partial charge in [-0.15, -0.1) is 0 Å². The van der Waals surface area contributed by atoms with Crippen molar-refractivity contribution in [3.8, 4) is 0 Å². The highest BCUT2D eigenvalue weighted by atomic mass is 13.8. The zero-order chi connectivity index (χ0) is 5.11. The van der Waals surface area contributed by atoms with Crippen LogP contribution in [-0.4, -0.2) is 0 Å². The zero-order valence-corrected chi connectivity index (χ0v) is 4.39. The molecule has 0 aromatic heterocycles. The van der Waals surface area contributed by atoms with Crippen molar-refractivity contribution >= 4 is 0 Å². The van der Waals surface area contributed by atoms with E-state index in [2.05, 4.69) is 19.1 Å². The lowest BCUT2D eigenvalue weighted by Crippen LogP contribution is -1.62. The van der Waals surface area contributed by atoms with E-state index >= 15 is 0 Å². The maximum atomic E-state index is 2.08. The van der Waals surface area contributed by atoms with Crippen LogP contribution >= 0.6 is 0 Å². The largest absolute Gasteiger partial charge is 0.0622 e. The molecule has 0 nitrogen and oxygen atoms in total. The second-order valence-corrected chi connectivity index (χ2v) is 1.65. The summed E-state index contributed by atoms with van der Waals surface area (Å²) in [7, 11) is 0. The van der Waals surface area contributed by atoms with Crippen molar-refractivity contribution in [1.29, 1.82) is 0 Å². The van der Waals surface area contributed by atoms with Gasteiger partial charge in [0.15, 0.2) is 0 Å². The van der Waals surface area contributed by atoms with Crippen LogP contribution in [0.4, 0.5) is 0 Å². The highest BCUT2D eigenvalue weighted by Gasteiger charge is 1.72. The van der Waals surface area contributed by atoms with Gasteiger partial charge in [0, 0.05) is 0 Å². The SMILES string of the molecule is [12CH3][12c]1[12cH][12cH][12cH][12cH][12cH]1. The Morgan fingerprint density at radius 1 is 1.00 bits per heavy atom. The molecule has 0 saturated carbocycles. The number of hydrogen-bond acceptors (Lipinski definition) is 0. The average molecular weight is 92.1 g/mol. The predicted molar refractivity (Wildman–Crippen MR) is 31.2 cm³/mol. The van der Waals surface area contributed by atoms with Crippen molar-refractivity contribution in [2.24, 2.45) is 0 Å². The summed E-state index contributed by atoms with van der Waals surface area (Å²) < 4.78 is 0. The number of benzene rings is 1. The van der Waals surface area contributed by atoms with Gasteiger partial charge >= 0.3 is 0 Å². The molecular formula is C7H8. The molecule has 0 unspecified atom stereocenters. The molecule has 0 fully saturated rings. The Kier molecular flexibility index (Phi) is 1.12. The molecule has 7 heavy (non-hydrogen) atoms. The summed E-state index contributed by atoms with van der Waals surface area (Å²) in [6, 6.07) is 10.3. The summed E-state index contributed by atoms with van der Waals surface area (Å²) in [6.45, 7) is 2.08. The van der Waals surface area contributed by atoms with Crippen LogP contribution in [0.2, 0.25) is 0 Å². The van der Waals surface area contributed by atoms with Gasteiger partial charge in [-0.3, -0.25) is 0 Å². The van der Waals surface area contributed by atoms with Gasteiger partial charge in [-0.2, -0.15) is 0 Å². The first kappa shape index (κ1) is 4.38. The van der Waals surface area contributed by atoms with Gasteiger partial charge in [-0.25, -0.2) is 0 Å². The van der Waals surface area contributed by atoms with Crippen molar-refractivity contribution < 1.29 is 0 Å². The molecule has 0 heterocycles. The van der Waals surface area contributed by atoms with Crippen LogP contribution < -0.4 is 0 Å². The number of hydrogen-bond donors (Lipinski definition) is 0. The van der Waals surface area contributed by atoms with Crippen LogP contribution in [0.3, 0.4) is 0 Å². The molecule has 0 saturated heterocycles. The van der Waals surface area contributed by atoms with E-state index in [-0.39, 0.29) is 0 Å². The summed E-state index contributed by atoms with van der Waals surface area (Å²) in [5, 5.41) is 0. The molecule has 36 valence electrons. The van der Waals surface area contributed by atoms with Gasteiger partial charge in [0.05, 0.1) is 0 Å². The smallest absolute Gasteiger partial charge is 0.0398 e. The minimum atomic E-state index is 1.32. The number of aryl methyl sites for hydroxylation is 1. The molecule has 0 atom stereocenters. The van der Waals surface area contributed by atoms with E-state index in [0.717, 1.165) is 0 Å². The molecule has 1 rings (SSSR count). The van der Waals surface area contributed by atoms with E-state index in [0.29, 0.717) is 0 Å². The van der Waals surface area contributed by atoms with Crippen LogP contribution in [0.15, 0.2) is 30.3 Å². The lowest BCUT2D eigenvalue weighted by molar-refractivity contribution is 1.48. The predicted octanol–water partition coefficient (Wildman–Crippen LogP) is 2.00. The minimum absolute atomic E-state index is 1.32. The van der Waals surface area contributed by atoms with Crippen molar-refractivity contribution in [2.75, 3.05) is 0 Å². The standard InChI is InChI=1S/C7H8/c1-7-5-3-2-4-6-7/h2-6H,1H3/i1+0,2+0,3+0,4+0,5+0,6+0,7+0. The first-order chi connectivity index (χ1) is 3.39. The lowest BCUT2D eigenvalue weighted by Gasteiger charge is -1.82. The maximum Gasteiger partial charge on any atom is -0.0398 e. The molecule has 0 aliphatic heterocycles. The molecule has 0 amide bonds. The summed E-state index contributed by atoms with van der Waals surface area (Å²) in [6.07, 6.45) is 0.